The molecule has 2 atom stereocenters. The highest BCUT2D eigenvalue weighted by molar-refractivity contribution is 7.91. The van der Waals surface area contributed by atoms with Crippen molar-refractivity contribution in [2.24, 2.45) is 0 Å². The lowest BCUT2D eigenvalue weighted by molar-refractivity contribution is 0.0526. The average molecular weight is 460 g/mol. The molecule has 0 aliphatic carbocycles. The summed E-state index contributed by atoms with van der Waals surface area (Å²) in [5, 5.41) is 13.6. The summed E-state index contributed by atoms with van der Waals surface area (Å²) in [7, 11) is -3.04. The molecule has 0 spiro atoms. The van der Waals surface area contributed by atoms with Gasteiger partial charge in [0.15, 0.2) is 9.84 Å². The van der Waals surface area contributed by atoms with Crippen LogP contribution < -0.4 is 4.74 Å². The fourth-order valence-corrected chi connectivity index (χ4v) is 5.99. The Morgan fingerprint density at radius 2 is 1.81 bits per heavy atom. The third kappa shape index (κ3) is 5.77. The van der Waals surface area contributed by atoms with Crippen LogP contribution in [0.25, 0.3) is 10.8 Å². The molecule has 1 fully saturated rings. The molecular formula is C24H26ClNO4S. The average Bonchev–Trinajstić information content (AvgIpc) is 3.13. The molecule has 0 bridgehead atoms. The van der Waals surface area contributed by atoms with Gasteiger partial charge in [0.1, 0.15) is 18.5 Å². The van der Waals surface area contributed by atoms with Crippen molar-refractivity contribution >= 4 is 32.2 Å². The van der Waals surface area contributed by atoms with Crippen LogP contribution in [-0.4, -0.2) is 55.2 Å². The van der Waals surface area contributed by atoms with Crippen LogP contribution in [0.2, 0.25) is 5.02 Å². The summed E-state index contributed by atoms with van der Waals surface area (Å²) in [5.41, 5.74) is 1.12. The number of hydrogen-bond donors (Lipinski definition) is 1. The summed E-state index contributed by atoms with van der Waals surface area (Å²) in [6, 6.07) is 21.2. The maximum absolute atomic E-state index is 12.1. The zero-order valence-corrected chi connectivity index (χ0v) is 18.7. The smallest absolute Gasteiger partial charge is 0.151 e. The molecule has 31 heavy (non-hydrogen) atoms. The van der Waals surface area contributed by atoms with Gasteiger partial charge in [0, 0.05) is 24.2 Å². The number of hydrogen-bond acceptors (Lipinski definition) is 5. The number of benzene rings is 3. The number of halogens is 1. The molecule has 0 saturated carbocycles. The van der Waals surface area contributed by atoms with Crippen molar-refractivity contribution in [1.29, 1.82) is 0 Å². The van der Waals surface area contributed by atoms with Gasteiger partial charge in [-0.3, -0.25) is 4.90 Å². The second-order valence-electron chi connectivity index (χ2n) is 8.04. The highest BCUT2D eigenvalue weighted by Gasteiger charge is 2.33. The molecule has 4 rings (SSSR count). The van der Waals surface area contributed by atoms with Gasteiger partial charge in [0.05, 0.1) is 11.5 Å². The van der Waals surface area contributed by atoms with Crippen molar-refractivity contribution in [3.8, 4) is 5.75 Å². The lowest BCUT2D eigenvalue weighted by Gasteiger charge is -2.30. The van der Waals surface area contributed by atoms with Crippen LogP contribution in [-0.2, 0) is 16.4 Å². The van der Waals surface area contributed by atoms with Crippen LogP contribution in [0, 0.1) is 0 Å². The van der Waals surface area contributed by atoms with Gasteiger partial charge in [0.25, 0.3) is 0 Å². The minimum Gasteiger partial charge on any atom is -0.491 e. The van der Waals surface area contributed by atoms with Gasteiger partial charge in [-0.05, 0) is 47.0 Å². The molecule has 1 heterocycles. The van der Waals surface area contributed by atoms with Gasteiger partial charge in [-0.15, -0.1) is 0 Å². The van der Waals surface area contributed by atoms with Gasteiger partial charge in [-0.2, -0.15) is 0 Å². The van der Waals surface area contributed by atoms with E-state index >= 15 is 0 Å². The van der Waals surface area contributed by atoms with E-state index in [0.717, 1.165) is 16.3 Å². The normalized spacial score (nSPS) is 19.0. The van der Waals surface area contributed by atoms with Crippen molar-refractivity contribution in [1.82, 2.24) is 4.90 Å². The summed E-state index contributed by atoms with van der Waals surface area (Å²) in [5.74, 6) is 0.955. The van der Waals surface area contributed by atoms with E-state index < -0.39 is 15.9 Å². The van der Waals surface area contributed by atoms with Crippen LogP contribution in [0.3, 0.4) is 0 Å². The predicted molar refractivity (Wildman–Crippen MR) is 124 cm³/mol. The number of rotatable bonds is 8. The molecule has 3 aromatic rings. The van der Waals surface area contributed by atoms with Crippen LogP contribution >= 0.6 is 11.6 Å². The number of aliphatic hydroxyl groups is 1. The van der Waals surface area contributed by atoms with E-state index in [2.05, 4.69) is 29.2 Å². The Morgan fingerprint density at radius 1 is 1.06 bits per heavy atom. The molecule has 2 unspecified atom stereocenters. The van der Waals surface area contributed by atoms with Gasteiger partial charge < -0.3 is 9.84 Å². The largest absolute Gasteiger partial charge is 0.491 e. The molecule has 1 saturated heterocycles. The summed E-state index contributed by atoms with van der Waals surface area (Å²) in [6.07, 6.45) is -0.174. The molecule has 0 aromatic heterocycles. The fraction of sp³-hybridized carbons (Fsp3) is 0.333. The minimum atomic E-state index is -3.04. The number of ether oxygens (including phenoxy) is 1. The van der Waals surface area contributed by atoms with Crippen molar-refractivity contribution in [3.05, 3.63) is 77.3 Å². The predicted octanol–water partition coefficient (Wildman–Crippen LogP) is 3.92. The summed E-state index contributed by atoms with van der Waals surface area (Å²) in [6.45, 7) is 1.02. The number of nitrogens with zero attached hydrogens (tertiary/aromatic N) is 1. The van der Waals surface area contributed by atoms with Crippen molar-refractivity contribution in [3.63, 3.8) is 0 Å². The quantitative estimate of drug-likeness (QED) is 0.553. The van der Waals surface area contributed by atoms with Crippen LogP contribution in [0.5, 0.6) is 5.75 Å². The van der Waals surface area contributed by atoms with Crippen LogP contribution in [0.15, 0.2) is 66.7 Å². The molecule has 5 nitrogen and oxygen atoms in total. The van der Waals surface area contributed by atoms with E-state index in [9.17, 15) is 13.5 Å². The first kappa shape index (κ1) is 22.1. The van der Waals surface area contributed by atoms with Crippen LogP contribution in [0.1, 0.15) is 12.0 Å². The monoisotopic (exact) mass is 459 g/mol. The lowest BCUT2D eigenvalue weighted by atomic mass is 10.0. The summed E-state index contributed by atoms with van der Waals surface area (Å²) < 4.78 is 29.9. The standard InChI is InChI=1S/C24H26ClNO4S/c25-20-8-10-23(11-9-20)30-16-22(27)15-26(21-12-13-31(28,29)17-21)14-19-6-3-5-18-4-1-2-7-24(18)19/h1-11,21-22,27H,12-17H2. The Morgan fingerprint density at radius 3 is 2.55 bits per heavy atom. The first-order valence-corrected chi connectivity index (χ1v) is 12.6. The topological polar surface area (TPSA) is 66.8 Å². The molecule has 1 aliphatic heterocycles. The van der Waals surface area contributed by atoms with Crippen molar-refractivity contribution in [2.45, 2.75) is 25.1 Å². The Hall–Kier alpha value is -2.12. The first-order valence-electron chi connectivity index (χ1n) is 10.4. The molecular weight excluding hydrogens is 434 g/mol. The third-order valence-corrected chi connectivity index (χ3v) is 7.68. The molecule has 7 heteroatoms. The van der Waals surface area contributed by atoms with Gasteiger partial charge in [-0.25, -0.2) is 8.42 Å². The third-order valence-electron chi connectivity index (χ3n) is 5.68. The number of sulfone groups is 1. The van der Waals surface area contributed by atoms with E-state index in [0.29, 0.717) is 30.3 Å². The van der Waals surface area contributed by atoms with E-state index in [-0.39, 0.29) is 24.2 Å². The molecule has 1 aliphatic rings. The number of aliphatic hydroxyl groups excluding tert-OH is 1. The fourth-order valence-electron chi connectivity index (χ4n) is 4.10. The highest BCUT2D eigenvalue weighted by atomic mass is 35.5. The summed E-state index contributed by atoms with van der Waals surface area (Å²) >= 11 is 5.90. The second kappa shape index (κ2) is 9.57. The lowest BCUT2D eigenvalue weighted by Crippen LogP contribution is -2.42. The van der Waals surface area contributed by atoms with E-state index in [1.54, 1.807) is 24.3 Å². The number of fused-ring (bicyclic) bond motifs is 1. The van der Waals surface area contributed by atoms with Gasteiger partial charge in [0.2, 0.25) is 0 Å². The Bertz CT molecular complexity index is 1130. The zero-order chi connectivity index (χ0) is 21.8. The Labute approximate surface area is 188 Å². The second-order valence-corrected chi connectivity index (χ2v) is 10.7. The van der Waals surface area contributed by atoms with Crippen molar-refractivity contribution in [2.75, 3.05) is 24.7 Å². The van der Waals surface area contributed by atoms with Crippen molar-refractivity contribution < 1.29 is 18.3 Å². The van der Waals surface area contributed by atoms with E-state index in [4.69, 9.17) is 16.3 Å². The molecule has 1 N–H and O–H groups in total. The van der Waals surface area contributed by atoms with Gasteiger partial charge >= 0.3 is 0 Å². The molecule has 0 amide bonds. The maximum atomic E-state index is 12.1. The first-order chi connectivity index (χ1) is 14.9. The molecule has 3 aromatic carbocycles. The minimum absolute atomic E-state index is 0.117. The zero-order valence-electron chi connectivity index (χ0n) is 17.2. The Kier molecular flexibility index (Phi) is 6.82. The highest BCUT2D eigenvalue weighted by Crippen LogP contribution is 2.25. The maximum Gasteiger partial charge on any atom is 0.151 e. The van der Waals surface area contributed by atoms with Crippen LogP contribution in [0.4, 0.5) is 0 Å². The molecule has 0 radical (unpaired) electrons. The van der Waals surface area contributed by atoms with E-state index in [1.807, 2.05) is 18.2 Å². The SMILES string of the molecule is O=S1(=O)CCC(N(Cc2cccc3ccccc23)CC(O)COc2ccc(Cl)cc2)C1. The van der Waals surface area contributed by atoms with E-state index in [1.165, 1.54) is 0 Å². The van der Waals surface area contributed by atoms with Gasteiger partial charge in [-0.1, -0.05) is 54.1 Å². The molecule has 164 valence electrons. The Balaban J connectivity index is 1.49. The summed E-state index contributed by atoms with van der Waals surface area (Å²) in [4.78, 5) is 2.09.